The minimum Gasteiger partial charge on any atom is -0.493 e. The van der Waals surface area contributed by atoms with Crippen LogP contribution in [0.2, 0.25) is 0 Å². The third-order valence-electron chi connectivity index (χ3n) is 5.59. The van der Waals surface area contributed by atoms with Gasteiger partial charge < -0.3 is 19.7 Å². The molecule has 5 nitrogen and oxygen atoms in total. The number of likely N-dealkylation sites (N-methyl/N-ethyl adjacent to an activating group) is 1. The summed E-state index contributed by atoms with van der Waals surface area (Å²) in [5.74, 6) is 2.38. The lowest BCUT2D eigenvalue weighted by Gasteiger charge is -2.40. The van der Waals surface area contributed by atoms with Crippen molar-refractivity contribution < 1.29 is 19.2 Å². The van der Waals surface area contributed by atoms with Gasteiger partial charge in [-0.1, -0.05) is 27.7 Å². The number of hydrogen-bond acceptors (Lipinski definition) is 3. The molecule has 152 valence electrons. The second kappa shape index (κ2) is 9.45. The molecule has 5 heteroatoms. The molecular weight excluding hydrogens is 340 g/mol. The highest BCUT2D eigenvalue weighted by molar-refractivity contribution is 5.76. The van der Waals surface area contributed by atoms with Gasteiger partial charge in [0, 0.05) is 18.4 Å². The SMILES string of the molecule is CC[NH+]1CCc2cc(OC)c(OC)cc2[C@H]1[C@H](NC(=O)CC(C)C)C(C)C. The highest BCUT2D eigenvalue weighted by Crippen LogP contribution is 2.36. The molecule has 1 aromatic carbocycles. The molecule has 1 aliphatic rings. The normalized spacial score (nSPS) is 20.3. The van der Waals surface area contributed by atoms with Crippen molar-refractivity contribution in [2.24, 2.45) is 11.8 Å². The number of quaternary nitrogens is 1. The highest BCUT2D eigenvalue weighted by atomic mass is 16.5. The minimum absolute atomic E-state index is 0.0864. The predicted molar refractivity (Wildman–Crippen MR) is 109 cm³/mol. The van der Waals surface area contributed by atoms with Crippen LogP contribution in [0, 0.1) is 11.8 Å². The summed E-state index contributed by atoms with van der Waals surface area (Å²) >= 11 is 0. The number of rotatable bonds is 8. The molecule has 27 heavy (non-hydrogen) atoms. The van der Waals surface area contributed by atoms with Crippen LogP contribution < -0.4 is 19.7 Å². The lowest BCUT2D eigenvalue weighted by atomic mass is 9.83. The van der Waals surface area contributed by atoms with Crippen molar-refractivity contribution >= 4 is 5.91 Å². The molecule has 2 rings (SSSR count). The molecule has 0 aromatic heterocycles. The Morgan fingerprint density at radius 2 is 1.81 bits per heavy atom. The molecule has 2 N–H and O–H groups in total. The van der Waals surface area contributed by atoms with Crippen molar-refractivity contribution in [3.8, 4) is 11.5 Å². The molecule has 0 fully saturated rings. The zero-order valence-corrected chi connectivity index (χ0v) is 18.0. The van der Waals surface area contributed by atoms with Crippen LogP contribution in [0.15, 0.2) is 12.1 Å². The van der Waals surface area contributed by atoms with Crippen LogP contribution >= 0.6 is 0 Å². The maximum Gasteiger partial charge on any atom is 0.220 e. The van der Waals surface area contributed by atoms with Crippen molar-refractivity contribution in [1.82, 2.24) is 5.32 Å². The fourth-order valence-electron chi connectivity index (χ4n) is 4.21. The van der Waals surface area contributed by atoms with E-state index < -0.39 is 0 Å². The van der Waals surface area contributed by atoms with Gasteiger partial charge >= 0.3 is 0 Å². The predicted octanol–water partition coefficient (Wildman–Crippen LogP) is 2.39. The summed E-state index contributed by atoms with van der Waals surface area (Å²) in [5.41, 5.74) is 2.58. The molecule has 0 saturated heterocycles. The van der Waals surface area contributed by atoms with Crippen molar-refractivity contribution in [2.75, 3.05) is 27.3 Å². The first-order valence-electron chi connectivity index (χ1n) is 10.2. The standard InChI is InChI=1S/C22H36N2O3/c1-8-24-10-9-16-12-18(26-6)19(27-7)13-17(16)22(24)21(15(4)5)23-20(25)11-14(2)3/h12-15,21-22H,8-11H2,1-7H3,(H,23,25)/p+1/t21-,22+/m1/s1. The summed E-state index contributed by atoms with van der Waals surface area (Å²) in [5, 5.41) is 3.36. The van der Waals surface area contributed by atoms with Gasteiger partial charge in [0.2, 0.25) is 5.91 Å². The van der Waals surface area contributed by atoms with Crippen LogP contribution in [-0.4, -0.2) is 39.3 Å². The van der Waals surface area contributed by atoms with Gasteiger partial charge in [0.1, 0.15) is 6.04 Å². The second-order valence-corrected chi connectivity index (χ2v) is 8.33. The first-order chi connectivity index (χ1) is 12.8. The molecule has 1 unspecified atom stereocenters. The number of methoxy groups -OCH3 is 2. The van der Waals surface area contributed by atoms with Crippen LogP contribution in [0.5, 0.6) is 11.5 Å². The number of amides is 1. The van der Waals surface area contributed by atoms with E-state index in [9.17, 15) is 4.79 Å². The van der Waals surface area contributed by atoms with Gasteiger partial charge in [-0.2, -0.15) is 0 Å². The monoisotopic (exact) mass is 377 g/mol. The van der Waals surface area contributed by atoms with Crippen LogP contribution in [0.1, 0.15) is 58.2 Å². The van der Waals surface area contributed by atoms with Gasteiger partial charge in [0.15, 0.2) is 11.5 Å². The maximum absolute atomic E-state index is 12.6. The molecule has 1 heterocycles. The average Bonchev–Trinajstić information content (AvgIpc) is 2.63. The Kier molecular flexibility index (Phi) is 7.54. The Morgan fingerprint density at radius 3 is 2.33 bits per heavy atom. The zero-order valence-electron chi connectivity index (χ0n) is 18.0. The Bertz CT molecular complexity index is 643. The number of fused-ring (bicyclic) bond motifs is 1. The molecule has 0 saturated carbocycles. The Hall–Kier alpha value is -1.75. The van der Waals surface area contributed by atoms with E-state index in [0.717, 1.165) is 31.0 Å². The van der Waals surface area contributed by atoms with E-state index in [0.29, 0.717) is 18.3 Å². The van der Waals surface area contributed by atoms with Crippen molar-refractivity contribution in [2.45, 2.75) is 59.5 Å². The molecule has 1 amide bonds. The Balaban J connectivity index is 2.46. The van der Waals surface area contributed by atoms with Crippen molar-refractivity contribution in [3.05, 3.63) is 23.3 Å². The summed E-state index contributed by atoms with van der Waals surface area (Å²) in [7, 11) is 3.36. The minimum atomic E-state index is 0.0864. The van der Waals surface area contributed by atoms with E-state index in [1.54, 1.807) is 14.2 Å². The first kappa shape index (κ1) is 21.5. The molecular formula is C22H37N2O3+. The largest absolute Gasteiger partial charge is 0.493 e. The molecule has 1 aromatic rings. The lowest BCUT2D eigenvalue weighted by Crippen LogP contribution is -3.14. The quantitative estimate of drug-likeness (QED) is 0.731. The second-order valence-electron chi connectivity index (χ2n) is 8.33. The number of benzene rings is 1. The molecule has 0 radical (unpaired) electrons. The Labute approximate surface area is 164 Å². The molecule has 1 aliphatic heterocycles. The van der Waals surface area contributed by atoms with Gasteiger partial charge in [0.25, 0.3) is 0 Å². The van der Waals surface area contributed by atoms with Gasteiger partial charge in [-0.3, -0.25) is 4.79 Å². The van der Waals surface area contributed by atoms with Crippen molar-refractivity contribution in [3.63, 3.8) is 0 Å². The summed E-state index contributed by atoms with van der Waals surface area (Å²) < 4.78 is 11.1. The first-order valence-corrected chi connectivity index (χ1v) is 10.2. The van der Waals surface area contributed by atoms with Crippen molar-refractivity contribution in [1.29, 1.82) is 0 Å². The van der Waals surface area contributed by atoms with Gasteiger partial charge in [-0.15, -0.1) is 0 Å². The van der Waals surface area contributed by atoms with E-state index in [4.69, 9.17) is 9.47 Å². The number of carbonyl (C=O) groups excluding carboxylic acids is 1. The van der Waals surface area contributed by atoms with E-state index in [1.165, 1.54) is 16.0 Å². The fourth-order valence-corrected chi connectivity index (χ4v) is 4.21. The highest BCUT2D eigenvalue weighted by Gasteiger charge is 2.39. The summed E-state index contributed by atoms with van der Waals surface area (Å²) in [6, 6.07) is 4.54. The van der Waals surface area contributed by atoms with Gasteiger partial charge in [-0.25, -0.2) is 0 Å². The van der Waals surface area contributed by atoms with E-state index in [-0.39, 0.29) is 18.0 Å². The molecule has 0 spiro atoms. The average molecular weight is 378 g/mol. The topological polar surface area (TPSA) is 52.0 Å². The Morgan fingerprint density at radius 1 is 1.19 bits per heavy atom. The van der Waals surface area contributed by atoms with Crippen LogP contribution in [0.4, 0.5) is 0 Å². The van der Waals surface area contributed by atoms with Gasteiger partial charge in [0.05, 0.1) is 33.4 Å². The van der Waals surface area contributed by atoms with Crippen LogP contribution in [0.25, 0.3) is 0 Å². The maximum atomic E-state index is 12.6. The molecule has 0 bridgehead atoms. The fraction of sp³-hybridized carbons (Fsp3) is 0.682. The van der Waals surface area contributed by atoms with Gasteiger partial charge in [-0.05, 0) is 36.5 Å². The number of carbonyl (C=O) groups is 1. The number of nitrogens with one attached hydrogen (secondary N) is 2. The summed E-state index contributed by atoms with van der Waals surface area (Å²) in [6.45, 7) is 12.9. The zero-order chi connectivity index (χ0) is 20.1. The number of ether oxygens (including phenoxy) is 2. The van der Waals surface area contributed by atoms with E-state index in [2.05, 4.69) is 52.1 Å². The summed E-state index contributed by atoms with van der Waals surface area (Å²) in [6.07, 6.45) is 1.58. The molecule has 3 atom stereocenters. The smallest absolute Gasteiger partial charge is 0.220 e. The van der Waals surface area contributed by atoms with E-state index in [1.807, 2.05) is 0 Å². The van der Waals surface area contributed by atoms with E-state index >= 15 is 0 Å². The lowest BCUT2D eigenvalue weighted by molar-refractivity contribution is -0.934. The third kappa shape index (κ3) is 4.95. The summed E-state index contributed by atoms with van der Waals surface area (Å²) in [4.78, 5) is 14.1. The molecule has 0 aliphatic carbocycles. The van der Waals surface area contributed by atoms with Crippen LogP contribution in [-0.2, 0) is 11.2 Å². The van der Waals surface area contributed by atoms with Crippen LogP contribution in [0.3, 0.4) is 0 Å². The third-order valence-corrected chi connectivity index (χ3v) is 5.59. The number of hydrogen-bond donors (Lipinski definition) is 2.